The topological polar surface area (TPSA) is 309 Å². The van der Waals surface area contributed by atoms with Gasteiger partial charge in [-0.2, -0.15) is 54.9 Å². The molecule has 1 unspecified atom stereocenters. The van der Waals surface area contributed by atoms with Crippen molar-refractivity contribution in [2.24, 2.45) is 16.1 Å². The number of hydrogen-bond acceptors (Lipinski definition) is 16. The smallest absolute Gasteiger partial charge is 0.356 e. The average molecular weight is 795 g/mol. The molecule has 21 nitrogen and oxygen atoms in total. The van der Waals surface area contributed by atoms with Crippen molar-refractivity contribution in [1.82, 2.24) is 40.0 Å². The number of H-pyrrole nitrogens is 1. The van der Waals surface area contributed by atoms with Crippen molar-refractivity contribution in [3.05, 3.63) is 88.5 Å². The summed E-state index contributed by atoms with van der Waals surface area (Å²) in [6, 6.07) is 7.91. The van der Waals surface area contributed by atoms with Gasteiger partial charge < -0.3 is 21.1 Å². The molecule has 54 heavy (non-hydrogen) atoms. The summed E-state index contributed by atoms with van der Waals surface area (Å²) in [6.45, 7) is 2.27. The Morgan fingerprint density at radius 2 is 1.61 bits per heavy atom. The number of aromatic amines is 1. The van der Waals surface area contributed by atoms with Gasteiger partial charge in [0, 0.05) is 18.3 Å². The van der Waals surface area contributed by atoms with Crippen molar-refractivity contribution in [1.29, 1.82) is 0 Å². The minimum absolute atomic E-state index is 0.0398. The first-order valence-electron chi connectivity index (χ1n) is 14.9. The highest BCUT2D eigenvalue weighted by atomic mass is 32.2. The fourth-order valence-electron chi connectivity index (χ4n) is 4.53. The lowest BCUT2D eigenvalue weighted by atomic mass is 10.2. The Labute approximate surface area is 301 Å². The maximum atomic E-state index is 14.4. The zero-order valence-electron chi connectivity index (χ0n) is 27.1. The lowest BCUT2D eigenvalue weighted by Gasteiger charge is -2.14. The third-order valence-corrected chi connectivity index (χ3v) is 8.72. The SMILES string of the molecule is CC(CNCc1nc(F)nc(Nc2ccc(S(=O)(=O)O)c(N=Nc3c(C(=O)O)[nH]n(-c4ccc(S(=O)(=O)O)cc4)c3=O)c2)n1)CNc1cc(F)nc(F)n1. The van der Waals surface area contributed by atoms with Crippen molar-refractivity contribution in [2.45, 2.75) is 23.3 Å². The van der Waals surface area contributed by atoms with E-state index in [1.54, 1.807) is 6.92 Å². The average Bonchev–Trinajstić information content (AvgIpc) is 3.41. The molecule has 3 heterocycles. The van der Waals surface area contributed by atoms with Crippen LogP contribution >= 0.6 is 0 Å². The normalized spacial score (nSPS) is 12.6. The lowest BCUT2D eigenvalue weighted by molar-refractivity contribution is 0.0690. The number of benzene rings is 2. The van der Waals surface area contributed by atoms with Gasteiger partial charge in [0.1, 0.15) is 16.4 Å². The Bertz CT molecular complexity index is 2520. The zero-order valence-corrected chi connectivity index (χ0v) is 28.8. The molecule has 5 aromatic rings. The van der Waals surface area contributed by atoms with Crippen molar-refractivity contribution in [2.75, 3.05) is 23.7 Å². The monoisotopic (exact) mass is 794 g/mol. The second-order valence-corrected chi connectivity index (χ2v) is 13.9. The number of halogens is 3. The summed E-state index contributed by atoms with van der Waals surface area (Å²) in [5.41, 5.74) is -3.51. The van der Waals surface area contributed by atoms with Crippen LogP contribution < -0.4 is 21.5 Å². The highest BCUT2D eigenvalue weighted by Crippen LogP contribution is 2.31. The van der Waals surface area contributed by atoms with Crippen LogP contribution in [-0.4, -0.2) is 84.8 Å². The molecule has 1 atom stereocenters. The highest BCUT2D eigenvalue weighted by Gasteiger charge is 2.23. The van der Waals surface area contributed by atoms with E-state index in [-0.39, 0.29) is 48.0 Å². The van der Waals surface area contributed by atoms with E-state index in [0.29, 0.717) is 11.2 Å². The van der Waals surface area contributed by atoms with Crippen molar-refractivity contribution in [3.63, 3.8) is 0 Å². The molecule has 0 radical (unpaired) electrons. The van der Waals surface area contributed by atoms with E-state index in [4.69, 9.17) is 0 Å². The fraction of sp³-hybridized carbons (Fsp3) is 0.179. The molecule has 0 amide bonds. The minimum atomic E-state index is -4.98. The van der Waals surface area contributed by atoms with Gasteiger partial charge in [-0.15, -0.1) is 10.2 Å². The highest BCUT2D eigenvalue weighted by molar-refractivity contribution is 7.86. The standard InChI is InChI=1S/C28H25F3N12O9S2/c1-13(11-33-20-9-19(29)35-26(30)36-20)10-32-12-21-37-27(31)39-28(38-21)34-14-2-7-18(54(50,51)52)17(8-14)40-41-22-23(25(45)46)42-43(24(22)44)15-3-5-16(6-4-15)53(47,48)49/h2-9,13,32,42H,10-12H2,1H3,(H,45,46)(H,33,35,36)(H,47,48,49)(H,50,51,52)(H,34,37,38,39). The zero-order chi connectivity index (χ0) is 39.4. The summed E-state index contributed by atoms with van der Waals surface area (Å²) < 4.78 is 107. The summed E-state index contributed by atoms with van der Waals surface area (Å²) >= 11 is 0. The van der Waals surface area contributed by atoms with Gasteiger partial charge >= 0.3 is 18.1 Å². The molecule has 0 saturated carbocycles. The van der Waals surface area contributed by atoms with Crippen LogP contribution in [0.25, 0.3) is 5.69 Å². The van der Waals surface area contributed by atoms with Crippen molar-refractivity contribution < 1.29 is 49.0 Å². The number of nitrogens with zero attached hydrogens (tertiary/aromatic N) is 8. The van der Waals surface area contributed by atoms with Crippen LogP contribution in [0.4, 0.5) is 42.0 Å². The van der Waals surface area contributed by atoms with Gasteiger partial charge in [-0.05, 0) is 54.9 Å². The van der Waals surface area contributed by atoms with Crippen LogP contribution in [0, 0.1) is 24.0 Å². The second kappa shape index (κ2) is 15.8. The number of aromatic nitrogens is 7. The van der Waals surface area contributed by atoms with Gasteiger partial charge in [-0.25, -0.2) is 9.48 Å². The molecule has 7 N–H and O–H groups in total. The second-order valence-electron chi connectivity index (χ2n) is 11.0. The first-order chi connectivity index (χ1) is 25.4. The molecule has 0 aliphatic carbocycles. The van der Waals surface area contributed by atoms with Gasteiger partial charge in [0.25, 0.3) is 25.8 Å². The molecule has 5 rings (SSSR count). The summed E-state index contributed by atoms with van der Waals surface area (Å²) in [6.07, 6.45) is -2.43. The molecule has 3 aromatic heterocycles. The van der Waals surface area contributed by atoms with E-state index < -0.39 is 76.7 Å². The maximum absolute atomic E-state index is 14.4. The molecule has 0 saturated heterocycles. The lowest BCUT2D eigenvalue weighted by Crippen LogP contribution is -2.27. The van der Waals surface area contributed by atoms with Crippen LogP contribution in [0.2, 0.25) is 0 Å². The summed E-state index contributed by atoms with van der Waals surface area (Å²) in [5, 5.41) is 27.6. The molecule has 0 aliphatic rings. The molecule has 0 fully saturated rings. The van der Waals surface area contributed by atoms with E-state index in [1.165, 1.54) is 0 Å². The van der Waals surface area contributed by atoms with Crippen LogP contribution in [0.5, 0.6) is 0 Å². The molecule has 0 bridgehead atoms. The van der Waals surface area contributed by atoms with Gasteiger partial charge in [0.2, 0.25) is 11.9 Å². The first-order valence-corrected chi connectivity index (χ1v) is 17.8. The van der Waals surface area contributed by atoms with Crippen molar-refractivity contribution in [3.8, 4) is 5.69 Å². The van der Waals surface area contributed by atoms with Gasteiger partial charge in [0.15, 0.2) is 17.2 Å². The third kappa shape index (κ3) is 9.80. The van der Waals surface area contributed by atoms with E-state index in [9.17, 15) is 53.8 Å². The fourth-order valence-corrected chi connectivity index (χ4v) is 5.62. The maximum Gasteiger partial charge on any atom is 0.356 e. The van der Waals surface area contributed by atoms with Crippen molar-refractivity contribution >= 4 is 55.0 Å². The van der Waals surface area contributed by atoms with E-state index >= 15 is 0 Å². The molecule has 2 aromatic carbocycles. The Hall–Kier alpha value is -6.22. The molecule has 26 heteroatoms. The number of carbonyl (C=O) groups is 1. The number of carboxylic acid groups (broad SMARTS) is 1. The number of aromatic carboxylic acids is 1. The Kier molecular flexibility index (Phi) is 11.4. The molecule has 0 aliphatic heterocycles. The van der Waals surface area contributed by atoms with Gasteiger partial charge in [0.05, 0.1) is 17.1 Å². The van der Waals surface area contributed by atoms with E-state index in [2.05, 4.69) is 56.2 Å². The Morgan fingerprint density at radius 3 is 2.26 bits per heavy atom. The number of carboxylic acids is 1. The number of anilines is 3. The largest absolute Gasteiger partial charge is 0.476 e. The van der Waals surface area contributed by atoms with Gasteiger partial charge in [-0.3, -0.25) is 19.0 Å². The summed E-state index contributed by atoms with van der Waals surface area (Å²) in [4.78, 5) is 41.3. The molecule has 284 valence electrons. The van der Waals surface area contributed by atoms with Crippen LogP contribution in [-0.2, 0) is 26.8 Å². The minimum Gasteiger partial charge on any atom is -0.476 e. The molecular weight excluding hydrogens is 770 g/mol. The number of rotatable bonds is 15. The Morgan fingerprint density at radius 1 is 0.907 bits per heavy atom. The summed E-state index contributed by atoms with van der Waals surface area (Å²) in [7, 11) is -9.57. The van der Waals surface area contributed by atoms with Gasteiger partial charge in [-0.1, -0.05) is 6.92 Å². The van der Waals surface area contributed by atoms with Crippen LogP contribution in [0.1, 0.15) is 23.2 Å². The summed E-state index contributed by atoms with van der Waals surface area (Å²) in [5.74, 6) is -3.35. The van der Waals surface area contributed by atoms with Crippen LogP contribution in [0.3, 0.4) is 0 Å². The number of hydrogen-bond donors (Lipinski definition) is 7. The van der Waals surface area contributed by atoms with Crippen LogP contribution in [0.15, 0.2) is 73.3 Å². The Balaban J connectivity index is 1.34. The third-order valence-electron chi connectivity index (χ3n) is 6.95. The first kappa shape index (κ1) is 39.0. The number of nitrogens with one attached hydrogen (secondary N) is 4. The molecular formula is C28H25F3N12O9S2. The number of azo groups is 1. The quantitative estimate of drug-likeness (QED) is 0.0347. The predicted octanol–water partition coefficient (Wildman–Crippen LogP) is 2.75. The molecule has 0 spiro atoms. The van der Waals surface area contributed by atoms with E-state index in [0.717, 1.165) is 48.5 Å². The van der Waals surface area contributed by atoms with E-state index in [1.807, 2.05) is 0 Å². The predicted molar refractivity (Wildman–Crippen MR) is 178 cm³/mol.